The number of nitrogens with one attached hydrogen (secondary N) is 1. The van der Waals surface area contributed by atoms with E-state index in [1.807, 2.05) is 18.0 Å². The largest absolute Gasteiger partial charge is 0.493 e. The summed E-state index contributed by atoms with van der Waals surface area (Å²) in [7, 11) is 0. The number of hydrogen-bond donors (Lipinski definition) is 2. The van der Waals surface area contributed by atoms with Gasteiger partial charge in [0.1, 0.15) is 5.82 Å². The number of benzene rings is 1. The maximum absolute atomic E-state index is 12.9. The van der Waals surface area contributed by atoms with E-state index in [1.54, 1.807) is 24.3 Å². The van der Waals surface area contributed by atoms with Crippen molar-refractivity contribution in [3.05, 3.63) is 69.9 Å². The summed E-state index contributed by atoms with van der Waals surface area (Å²) in [6.07, 6.45) is 3.18. The van der Waals surface area contributed by atoms with E-state index >= 15 is 0 Å². The number of piperazine rings is 1. The molecular weight excluding hydrogens is 370 g/mol. The molecule has 1 aliphatic heterocycles. The second kappa shape index (κ2) is 7.46. The van der Waals surface area contributed by atoms with Gasteiger partial charge in [0, 0.05) is 37.9 Å². The predicted molar refractivity (Wildman–Crippen MR) is 110 cm³/mol. The molecule has 1 aliphatic rings. The Bertz CT molecular complexity index is 1090. The third-order valence-corrected chi connectivity index (χ3v) is 5.15. The molecule has 2 aromatic heterocycles. The maximum atomic E-state index is 12.9. The standard InChI is InChI=1S/C21H23N5O3/c1-14-11-15(2)19(22-12-14)24-7-9-25(10-8-24)20(28)16-3-5-17(6-4-16)26-13-18(27)23-21(26)29/h3-6,11-13,27H,7-10H2,1-2H3,(H,23,29). The van der Waals surface area contributed by atoms with Crippen LogP contribution in [0.25, 0.3) is 5.69 Å². The van der Waals surface area contributed by atoms with Crippen molar-refractivity contribution in [3.63, 3.8) is 0 Å². The van der Waals surface area contributed by atoms with E-state index in [-0.39, 0.29) is 11.8 Å². The first-order chi connectivity index (χ1) is 13.9. The lowest BCUT2D eigenvalue weighted by Crippen LogP contribution is -2.49. The van der Waals surface area contributed by atoms with Crippen molar-refractivity contribution in [3.8, 4) is 11.6 Å². The Labute approximate surface area is 168 Å². The second-order valence-corrected chi connectivity index (χ2v) is 7.29. The van der Waals surface area contributed by atoms with Crippen LogP contribution in [0.15, 0.2) is 47.5 Å². The summed E-state index contributed by atoms with van der Waals surface area (Å²) in [5.41, 5.74) is 3.00. The Morgan fingerprint density at radius 3 is 2.38 bits per heavy atom. The molecule has 2 N–H and O–H groups in total. The van der Waals surface area contributed by atoms with Gasteiger partial charge in [0.05, 0.1) is 11.9 Å². The predicted octanol–water partition coefficient (Wildman–Crippen LogP) is 1.85. The zero-order valence-corrected chi connectivity index (χ0v) is 16.4. The Kier molecular flexibility index (Phi) is 4.84. The van der Waals surface area contributed by atoms with Gasteiger partial charge in [-0.2, -0.15) is 0 Å². The molecule has 0 aliphatic carbocycles. The summed E-state index contributed by atoms with van der Waals surface area (Å²) in [6, 6.07) is 8.91. The smallest absolute Gasteiger partial charge is 0.332 e. The van der Waals surface area contributed by atoms with Crippen molar-refractivity contribution in [2.24, 2.45) is 0 Å². The number of aromatic hydroxyl groups is 1. The van der Waals surface area contributed by atoms with E-state index in [0.717, 1.165) is 30.0 Å². The average Bonchev–Trinajstić information content (AvgIpc) is 3.06. The van der Waals surface area contributed by atoms with Gasteiger partial charge in [-0.25, -0.2) is 9.78 Å². The molecule has 0 radical (unpaired) electrons. The Morgan fingerprint density at radius 1 is 1.10 bits per heavy atom. The number of hydrogen-bond acceptors (Lipinski definition) is 5. The number of rotatable bonds is 3. The number of carbonyl (C=O) groups is 1. The number of amides is 1. The summed E-state index contributed by atoms with van der Waals surface area (Å²) < 4.78 is 1.29. The first-order valence-electron chi connectivity index (χ1n) is 9.51. The summed E-state index contributed by atoms with van der Waals surface area (Å²) in [5, 5.41) is 9.40. The molecule has 0 saturated carbocycles. The maximum Gasteiger partial charge on any atom is 0.332 e. The number of aromatic nitrogens is 3. The number of nitrogens with zero attached hydrogens (tertiary/aromatic N) is 4. The Balaban J connectivity index is 1.43. The van der Waals surface area contributed by atoms with Crippen molar-refractivity contribution >= 4 is 11.7 Å². The van der Waals surface area contributed by atoms with Crippen LogP contribution in [0.5, 0.6) is 5.88 Å². The zero-order valence-electron chi connectivity index (χ0n) is 16.4. The van der Waals surface area contributed by atoms with Crippen LogP contribution in [0, 0.1) is 13.8 Å². The number of aromatic amines is 1. The molecule has 1 saturated heterocycles. The van der Waals surface area contributed by atoms with Crippen LogP contribution in [-0.4, -0.2) is 56.6 Å². The first-order valence-corrected chi connectivity index (χ1v) is 9.51. The molecule has 150 valence electrons. The molecule has 1 fully saturated rings. The van der Waals surface area contributed by atoms with Crippen LogP contribution in [0.2, 0.25) is 0 Å². The number of aryl methyl sites for hydroxylation is 2. The molecule has 0 spiro atoms. The third-order valence-electron chi connectivity index (χ3n) is 5.15. The number of H-pyrrole nitrogens is 1. The quantitative estimate of drug-likeness (QED) is 0.708. The summed E-state index contributed by atoms with van der Waals surface area (Å²) in [6.45, 7) is 6.81. The fourth-order valence-corrected chi connectivity index (χ4v) is 3.68. The molecule has 8 heteroatoms. The van der Waals surface area contributed by atoms with E-state index < -0.39 is 5.69 Å². The molecule has 1 aromatic carbocycles. The second-order valence-electron chi connectivity index (χ2n) is 7.29. The molecule has 3 heterocycles. The van der Waals surface area contributed by atoms with E-state index in [9.17, 15) is 14.7 Å². The fraction of sp³-hybridized carbons (Fsp3) is 0.286. The highest BCUT2D eigenvalue weighted by Gasteiger charge is 2.23. The van der Waals surface area contributed by atoms with Gasteiger partial charge in [0.15, 0.2) is 0 Å². The van der Waals surface area contributed by atoms with Gasteiger partial charge in [-0.05, 0) is 49.2 Å². The molecule has 0 atom stereocenters. The number of imidazole rings is 1. The van der Waals surface area contributed by atoms with E-state index in [2.05, 4.69) is 27.9 Å². The van der Waals surface area contributed by atoms with Crippen LogP contribution in [0.1, 0.15) is 21.5 Å². The van der Waals surface area contributed by atoms with Crippen LogP contribution in [0.4, 0.5) is 5.82 Å². The normalized spacial score (nSPS) is 14.3. The lowest BCUT2D eigenvalue weighted by Gasteiger charge is -2.36. The SMILES string of the molecule is Cc1cnc(N2CCN(C(=O)c3ccc(-n4cc(O)[nH]c4=O)cc3)CC2)c(C)c1. The van der Waals surface area contributed by atoms with E-state index in [4.69, 9.17) is 0 Å². The van der Waals surface area contributed by atoms with Crippen LogP contribution in [-0.2, 0) is 0 Å². The number of pyridine rings is 1. The Hall–Kier alpha value is -3.55. The van der Waals surface area contributed by atoms with Gasteiger partial charge in [0.25, 0.3) is 5.91 Å². The molecular formula is C21H23N5O3. The minimum Gasteiger partial charge on any atom is -0.493 e. The topological polar surface area (TPSA) is 94.5 Å². The molecule has 3 aromatic rings. The zero-order chi connectivity index (χ0) is 20.5. The minimum absolute atomic E-state index is 0.0333. The van der Waals surface area contributed by atoms with Gasteiger partial charge in [-0.15, -0.1) is 0 Å². The third kappa shape index (κ3) is 3.73. The molecule has 8 nitrogen and oxygen atoms in total. The molecule has 1 amide bonds. The summed E-state index contributed by atoms with van der Waals surface area (Å²) >= 11 is 0. The highest BCUT2D eigenvalue weighted by Crippen LogP contribution is 2.20. The lowest BCUT2D eigenvalue weighted by molar-refractivity contribution is 0.0746. The van der Waals surface area contributed by atoms with Crippen molar-refractivity contribution in [2.45, 2.75) is 13.8 Å². The first kappa shape index (κ1) is 18.8. The summed E-state index contributed by atoms with van der Waals surface area (Å²) in [5.74, 6) is 0.743. The van der Waals surface area contributed by atoms with E-state index in [0.29, 0.717) is 24.3 Å². The highest BCUT2D eigenvalue weighted by molar-refractivity contribution is 5.94. The van der Waals surface area contributed by atoms with Crippen molar-refractivity contribution in [1.29, 1.82) is 0 Å². The van der Waals surface area contributed by atoms with Crippen LogP contribution >= 0.6 is 0 Å². The molecule has 0 unspecified atom stereocenters. The Morgan fingerprint density at radius 2 is 1.79 bits per heavy atom. The minimum atomic E-state index is -0.433. The van der Waals surface area contributed by atoms with Gasteiger partial charge < -0.3 is 14.9 Å². The van der Waals surface area contributed by atoms with Crippen LogP contribution < -0.4 is 10.6 Å². The number of carbonyl (C=O) groups excluding carboxylic acids is 1. The van der Waals surface area contributed by atoms with Gasteiger partial charge in [0.2, 0.25) is 5.88 Å². The van der Waals surface area contributed by atoms with Crippen molar-refractivity contribution in [1.82, 2.24) is 19.4 Å². The van der Waals surface area contributed by atoms with Crippen LogP contribution in [0.3, 0.4) is 0 Å². The van der Waals surface area contributed by atoms with Gasteiger partial charge in [-0.1, -0.05) is 6.07 Å². The van der Waals surface area contributed by atoms with Gasteiger partial charge in [-0.3, -0.25) is 14.3 Å². The average molecular weight is 393 g/mol. The van der Waals surface area contributed by atoms with Gasteiger partial charge >= 0.3 is 5.69 Å². The lowest BCUT2D eigenvalue weighted by atomic mass is 10.1. The fourth-order valence-electron chi connectivity index (χ4n) is 3.68. The summed E-state index contributed by atoms with van der Waals surface area (Å²) in [4.78, 5) is 35.5. The van der Waals surface area contributed by atoms with E-state index in [1.165, 1.54) is 10.8 Å². The number of anilines is 1. The molecule has 29 heavy (non-hydrogen) atoms. The molecule has 0 bridgehead atoms. The van der Waals surface area contributed by atoms with Crippen molar-refractivity contribution < 1.29 is 9.90 Å². The molecule has 4 rings (SSSR count). The van der Waals surface area contributed by atoms with Crippen molar-refractivity contribution in [2.75, 3.05) is 31.1 Å². The monoisotopic (exact) mass is 393 g/mol. The highest BCUT2D eigenvalue weighted by atomic mass is 16.3.